The van der Waals surface area contributed by atoms with Gasteiger partial charge in [0.1, 0.15) is 0 Å². The van der Waals surface area contributed by atoms with E-state index in [1.165, 1.54) is 19.3 Å². The van der Waals surface area contributed by atoms with Crippen LogP contribution in [0.3, 0.4) is 0 Å². The number of nitrogens with zero attached hydrogens (tertiary/aromatic N) is 1. The fraction of sp³-hybridized carbons (Fsp3) is 0.667. The molecule has 148 valence electrons. The normalized spacial score (nSPS) is 29.2. The van der Waals surface area contributed by atoms with Gasteiger partial charge in [-0.2, -0.15) is 4.31 Å². The van der Waals surface area contributed by atoms with Crippen molar-refractivity contribution >= 4 is 15.9 Å². The Morgan fingerprint density at radius 1 is 1.11 bits per heavy atom. The number of piperidine rings is 1. The van der Waals surface area contributed by atoms with Crippen molar-refractivity contribution in [1.82, 2.24) is 9.62 Å². The molecule has 2 bridgehead atoms. The van der Waals surface area contributed by atoms with Crippen LogP contribution in [0.5, 0.6) is 0 Å². The lowest BCUT2D eigenvalue weighted by Gasteiger charge is -2.29. The molecule has 1 heterocycles. The standard InChI is InChI=1S/C21H30N2O3S/c1-14-7-9-23(10-8-14)27(25,26)18-6-3-15(2)19(13-18)21(24)22-20-12-16-4-5-17(20)11-16/h3,6,13-14,16-17,20H,4-5,7-12H2,1-2H3,(H,22,24)/t16-,17-,20-/m0/s1. The van der Waals surface area contributed by atoms with Gasteiger partial charge in [-0.05, 0) is 74.5 Å². The summed E-state index contributed by atoms with van der Waals surface area (Å²) in [5.41, 5.74) is 1.31. The first-order chi connectivity index (χ1) is 12.8. The average molecular weight is 391 g/mol. The van der Waals surface area contributed by atoms with Crippen LogP contribution >= 0.6 is 0 Å². The van der Waals surface area contributed by atoms with Crippen LogP contribution in [0.4, 0.5) is 0 Å². The molecule has 1 N–H and O–H groups in total. The molecule has 3 atom stereocenters. The maximum atomic E-state index is 13.0. The maximum absolute atomic E-state index is 13.0. The van der Waals surface area contributed by atoms with E-state index in [1.54, 1.807) is 22.5 Å². The van der Waals surface area contributed by atoms with Gasteiger partial charge in [0.25, 0.3) is 5.91 Å². The predicted octanol–water partition coefficient (Wildman–Crippen LogP) is 3.33. The maximum Gasteiger partial charge on any atom is 0.251 e. The molecule has 1 amide bonds. The minimum absolute atomic E-state index is 0.130. The monoisotopic (exact) mass is 390 g/mol. The van der Waals surface area contributed by atoms with Crippen molar-refractivity contribution < 1.29 is 13.2 Å². The number of hydrogen-bond donors (Lipinski definition) is 1. The van der Waals surface area contributed by atoms with Gasteiger partial charge in [-0.15, -0.1) is 0 Å². The number of aryl methyl sites for hydroxylation is 1. The molecule has 0 aromatic heterocycles. The largest absolute Gasteiger partial charge is 0.349 e. The average Bonchev–Trinajstić information content (AvgIpc) is 3.25. The number of hydrogen-bond acceptors (Lipinski definition) is 3. The minimum atomic E-state index is -3.54. The topological polar surface area (TPSA) is 66.5 Å². The molecule has 27 heavy (non-hydrogen) atoms. The molecule has 2 saturated carbocycles. The van der Waals surface area contributed by atoms with Gasteiger partial charge in [-0.1, -0.05) is 19.4 Å². The number of rotatable bonds is 4. The van der Waals surface area contributed by atoms with Crippen LogP contribution in [0.25, 0.3) is 0 Å². The Bertz CT molecular complexity index is 828. The molecule has 5 nitrogen and oxygen atoms in total. The summed E-state index contributed by atoms with van der Waals surface area (Å²) in [6.07, 6.45) is 6.57. The summed E-state index contributed by atoms with van der Waals surface area (Å²) in [7, 11) is -3.54. The summed E-state index contributed by atoms with van der Waals surface area (Å²) in [6, 6.07) is 5.22. The van der Waals surface area contributed by atoms with Crippen molar-refractivity contribution in [2.24, 2.45) is 17.8 Å². The van der Waals surface area contributed by atoms with Crippen LogP contribution in [0.15, 0.2) is 23.1 Å². The quantitative estimate of drug-likeness (QED) is 0.857. The Labute approximate surface area is 162 Å². The molecule has 4 rings (SSSR count). The zero-order valence-electron chi connectivity index (χ0n) is 16.3. The Kier molecular flexibility index (Phi) is 5.06. The van der Waals surface area contributed by atoms with Crippen LogP contribution in [-0.4, -0.2) is 37.8 Å². The molecule has 2 aliphatic carbocycles. The van der Waals surface area contributed by atoms with E-state index in [9.17, 15) is 13.2 Å². The number of amides is 1. The first-order valence-corrected chi connectivity index (χ1v) is 11.7. The van der Waals surface area contributed by atoms with Crippen molar-refractivity contribution in [1.29, 1.82) is 0 Å². The summed E-state index contributed by atoms with van der Waals surface area (Å²) < 4.78 is 27.6. The first kappa shape index (κ1) is 18.9. The summed E-state index contributed by atoms with van der Waals surface area (Å²) in [5, 5.41) is 3.18. The Hall–Kier alpha value is -1.40. The van der Waals surface area contributed by atoms with Gasteiger partial charge in [0, 0.05) is 24.7 Å². The highest BCUT2D eigenvalue weighted by molar-refractivity contribution is 7.89. The van der Waals surface area contributed by atoms with E-state index < -0.39 is 10.0 Å². The predicted molar refractivity (Wildman–Crippen MR) is 105 cm³/mol. The lowest BCUT2D eigenvalue weighted by molar-refractivity contribution is 0.0922. The van der Waals surface area contributed by atoms with Gasteiger partial charge in [-0.25, -0.2) is 8.42 Å². The Balaban J connectivity index is 1.53. The second kappa shape index (κ2) is 7.21. The SMILES string of the molecule is Cc1ccc(S(=O)(=O)N2CCC(C)CC2)cc1C(=O)N[C@H]1C[C@H]2CC[C@H]1C2. The summed E-state index contributed by atoms with van der Waals surface area (Å²) in [4.78, 5) is 13.1. The first-order valence-electron chi connectivity index (χ1n) is 10.3. The summed E-state index contributed by atoms with van der Waals surface area (Å²) in [6.45, 7) is 5.15. The van der Waals surface area contributed by atoms with E-state index in [0.29, 0.717) is 30.5 Å². The van der Waals surface area contributed by atoms with Crippen molar-refractivity contribution in [2.75, 3.05) is 13.1 Å². The third-order valence-electron chi connectivity index (χ3n) is 6.89. The number of carbonyl (C=O) groups excluding carboxylic acids is 1. The second-order valence-electron chi connectivity index (χ2n) is 8.82. The van der Waals surface area contributed by atoms with Gasteiger partial charge in [0.05, 0.1) is 4.90 Å². The third-order valence-corrected chi connectivity index (χ3v) is 8.78. The van der Waals surface area contributed by atoms with Crippen LogP contribution in [0.1, 0.15) is 61.4 Å². The Morgan fingerprint density at radius 3 is 2.48 bits per heavy atom. The molecule has 0 spiro atoms. The number of fused-ring (bicyclic) bond motifs is 2. The minimum Gasteiger partial charge on any atom is -0.349 e. The molecular formula is C21H30N2O3S. The molecule has 1 aromatic carbocycles. The molecule has 3 aliphatic rings. The molecule has 3 fully saturated rings. The molecular weight excluding hydrogens is 360 g/mol. The van der Waals surface area contributed by atoms with Crippen molar-refractivity contribution in [3.8, 4) is 0 Å². The molecule has 6 heteroatoms. The van der Waals surface area contributed by atoms with Gasteiger partial charge >= 0.3 is 0 Å². The lowest BCUT2D eigenvalue weighted by atomic mass is 9.95. The fourth-order valence-electron chi connectivity index (χ4n) is 5.05. The highest BCUT2D eigenvalue weighted by Gasteiger charge is 2.40. The zero-order chi connectivity index (χ0) is 19.2. The van der Waals surface area contributed by atoms with Crippen molar-refractivity contribution in [2.45, 2.75) is 63.3 Å². The fourth-order valence-corrected chi connectivity index (χ4v) is 6.54. The number of nitrogens with one attached hydrogen (secondary N) is 1. The molecule has 1 aliphatic heterocycles. The van der Waals surface area contributed by atoms with Crippen molar-refractivity contribution in [3.63, 3.8) is 0 Å². The van der Waals surface area contributed by atoms with Gasteiger partial charge in [0.2, 0.25) is 10.0 Å². The van der Waals surface area contributed by atoms with E-state index >= 15 is 0 Å². The second-order valence-corrected chi connectivity index (χ2v) is 10.8. The number of sulfonamides is 1. The van der Waals surface area contributed by atoms with E-state index in [0.717, 1.165) is 30.7 Å². The van der Waals surface area contributed by atoms with E-state index in [-0.39, 0.29) is 16.8 Å². The summed E-state index contributed by atoms with van der Waals surface area (Å²) >= 11 is 0. The number of carbonyl (C=O) groups is 1. The Morgan fingerprint density at radius 2 is 1.85 bits per heavy atom. The smallest absolute Gasteiger partial charge is 0.251 e. The van der Waals surface area contributed by atoms with Gasteiger partial charge in [0.15, 0.2) is 0 Å². The molecule has 1 saturated heterocycles. The molecule has 0 unspecified atom stereocenters. The van der Waals surface area contributed by atoms with Gasteiger partial charge < -0.3 is 5.32 Å². The summed E-state index contributed by atoms with van der Waals surface area (Å²) in [5.74, 6) is 1.79. The highest BCUT2D eigenvalue weighted by atomic mass is 32.2. The van der Waals surface area contributed by atoms with Crippen LogP contribution < -0.4 is 5.32 Å². The molecule has 0 radical (unpaired) electrons. The van der Waals surface area contributed by atoms with Crippen LogP contribution in [-0.2, 0) is 10.0 Å². The lowest BCUT2D eigenvalue weighted by Crippen LogP contribution is -2.39. The van der Waals surface area contributed by atoms with E-state index in [1.807, 2.05) is 6.92 Å². The van der Waals surface area contributed by atoms with E-state index in [2.05, 4.69) is 12.2 Å². The van der Waals surface area contributed by atoms with Crippen LogP contribution in [0, 0.1) is 24.7 Å². The van der Waals surface area contributed by atoms with Gasteiger partial charge in [-0.3, -0.25) is 4.79 Å². The highest BCUT2D eigenvalue weighted by Crippen LogP contribution is 2.44. The molecule has 1 aromatic rings. The number of benzene rings is 1. The van der Waals surface area contributed by atoms with E-state index in [4.69, 9.17) is 0 Å². The van der Waals surface area contributed by atoms with Crippen molar-refractivity contribution in [3.05, 3.63) is 29.3 Å². The zero-order valence-corrected chi connectivity index (χ0v) is 17.1. The van der Waals surface area contributed by atoms with Crippen LogP contribution in [0.2, 0.25) is 0 Å². The third kappa shape index (κ3) is 3.66.